The van der Waals surface area contributed by atoms with Crippen molar-refractivity contribution in [3.8, 4) is 5.75 Å². The lowest BCUT2D eigenvalue weighted by molar-refractivity contribution is 0.468. The van der Waals surface area contributed by atoms with Gasteiger partial charge in [0.15, 0.2) is 0 Å². The minimum atomic E-state index is -0.00139. The highest BCUT2D eigenvalue weighted by atomic mass is 16.3. The van der Waals surface area contributed by atoms with E-state index in [1.165, 1.54) is 11.1 Å². The van der Waals surface area contributed by atoms with E-state index < -0.39 is 0 Å². The predicted octanol–water partition coefficient (Wildman–Crippen LogP) is 5.73. The molecule has 0 fully saturated rings. The first kappa shape index (κ1) is 14.5. The molecule has 0 bridgehead atoms. The standard InChI is InChI=1S/C23H18O/c24-21-16-15-17-9-7-8-14-20(17)23(21)22(18-10-3-1-4-11-18)19-12-5-2-6-13-19/h1-16,22,24H. The van der Waals surface area contributed by atoms with Crippen molar-refractivity contribution >= 4 is 10.8 Å². The highest BCUT2D eigenvalue weighted by Crippen LogP contribution is 2.40. The van der Waals surface area contributed by atoms with Crippen molar-refractivity contribution in [2.75, 3.05) is 0 Å². The van der Waals surface area contributed by atoms with Crippen LogP contribution in [-0.4, -0.2) is 5.11 Å². The first-order valence-electron chi connectivity index (χ1n) is 8.15. The Morgan fingerprint density at radius 3 is 1.71 bits per heavy atom. The van der Waals surface area contributed by atoms with Crippen LogP contribution in [0.4, 0.5) is 0 Å². The van der Waals surface area contributed by atoms with Crippen LogP contribution in [0.3, 0.4) is 0 Å². The molecule has 0 aliphatic rings. The number of hydrogen-bond acceptors (Lipinski definition) is 1. The van der Waals surface area contributed by atoms with Crippen molar-refractivity contribution in [3.05, 3.63) is 114 Å². The first-order valence-corrected chi connectivity index (χ1v) is 8.15. The van der Waals surface area contributed by atoms with Crippen LogP contribution in [0.2, 0.25) is 0 Å². The van der Waals surface area contributed by atoms with E-state index in [2.05, 4.69) is 36.4 Å². The van der Waals surface area contributed by atoms with Crippen molar-refractivity contribution in [2.45, 2.75) is 5.92 Å². The lowest BCUT2D eigenvalue weighted by Gasteiger charge is -2.22. The normalized spacial score (nSPS) is 11.0. The van der Waals surface area contributed by atoms with Crippen molar-refractivity contribution in [2.24, 2.45) is 0 Å². The van der Waals surface area contributed by atoms with Gasteiger partial charge in [0.05, 0.1) is 0 Å². The topological polar surface area (TPSA) is 20.2 Å². The second-order valence-electron chi connectivity index (χ2n) is 5.97. The van der Waals surface area contributed by atoms with Crippen molar-refractivity contribution in [3.63, 3.8) is 0 Å². The fourth-order valence-corrected chi connectivity index (χ4v) is 3.40. The number of benzene rings is 4. The highest BCUT2D eigenvalue weighted by Gasteiger charge is 2.22. The second-order valence-corrected chi connectivity index (χ2v) is 5.97. The molecule has 0 atom stereocenters. The summed E-state index contributed by atoms with van der Waals surface area (Å²) in [6.45, 7) is 0. The van der Waals surface area contributed by atoms with E-state index >= 15 is 0 Å². The summed E-state index contributed by atoms with van der Waals surface area (Å²) in [6.07, 6.45) is 0. The van der Waals surface area contributed by atoms with E-state index in [9.17, 15) is 5.11 Å². The summed E-state index contributed by atoms with van der Waals surface area (Å²) in [5.41, 5.74) is 3.32. The zero-order valence-corrected chi connectivity index (χ0v) is 13.3. The number of hydrogen-bond donors (Lipinski definition) is 1. The Morgan fingerprint density at radius 2 is 1.08 bits per heavy atom. The molecule has 0 amide bonds. The minimum Gasteiger partial charge on any atom is -0.508 e. The van der Waals surface area contributed by atoms with Gasteiger partial charge in [0, 0.05) is 11.5 Å². The van der Waals surface area contributed by atoms with E-state index in [-0.39, 0.29) is 5.92 Å². The summed E-state index contributed by atoms with van der Waals surface area (Å²) in [5.74, 6) is 0.338. The molecular weight excluding hydrogens is 292 g/mol. The number of fused-ring (bicyclic) bond motifs is 1. The maximum atomic E-state index is 10.7. The second kappa shape index (κ2) is 6.21. The van der Waals surface area contributed by atoms with Crippen LogP contribution in [-0.2, 0) is 0 Å². The van der Waals surface area contributed by atoms with Gasteiger partial charge in [-0.2, -0.15) is 0 Å². The molecule has 0 radical (unpaired) electrons. The minimum absolute atomic E-state index is 0.00139. The Morgan fingerprint density at radius 1 is 0.542 bits per heavy atom. The Labute approximate surface area is 141 Å². The van der Waals surface area contributed by atoms with Crippen LogP contribution in [0.25, 0.3) is 10.8 Å². The Kier molecular flexibility index (Phi) is 3.76. The van der Waals surface area contributed by atoms with Gasteiger partial charge in [0.2, 0.25) is 0 Å². The molecule has 0 aliphatic heterocycles. The third kappa shape index (κ3) is 2.55. The SMILES string of the molecule is Oc1ccc2ccccc2c1C(c1ccccc1)c1ccccc1. The molecule has 0 heterocycles. The highest BCUT2D eigenvalue weighted by molar-refractivity contribution is 5.89. The number of phenols is 1. The molecule has 4 rings (SSSR count). The Bertz CT molecular complexity index is 919. The molecule has 24 heavy (non-hydrogen) atoms. The molecule has 0 unspecified atom stereocenters. The molecule has 0 aromatic heterocycles. The maximum absolute atomic E-state index is 10.7. The van der Waals surface area contributed by atoms with Crippen LogP contribution in [0.15, 0.2) is 97.1 Å². The molecule has 1 nitrogen and oxygen atoms in total. The summed E-state index contributed by atoms with van der Waals surface area (Å²) < 4.78 is 0. The molecule has 0 saturated heterocycles. The van der Waals surface area contributed by atoms with Crippen LogP contribution < -0.4 is 0 Å². The summed E-state index contributed by atoms with van der Waals surface area (Å²) >= 11 is 0. The monoisotopic (exact) mass is 310 g/mol. The van der Waals surface area contributed by atoms with Gasteiger partial charge < -0.3 is 5.11 Å². The first-order chi connectivity index (χ1) is 11.8. The van der Waals surface area contributed by atoms with E-state index in [1.54, 1.807) is 6.07 Å². The lowest BCUT2D eigenvalue weighted by Crippen LogP contribution is -2.04. The fourth-order valence-electron chi connectivity index (χ4n) is 3.40. The number of phenolic OH excluding ortho intramolecular Hbond substituents is 1. The van der Waals surface area contributed by atoms with Gasteiger partial charge in [-0.25, -0.2) is 0 Å². The van der Waals surface area contributed by atoms with E-state index in [0.29, 0.717) is 5.75 Å². The molecule has 0 aliphatic carbocycles. The third-order valence-electron chi connectivity index (χ3n) is 4.50. The van der Waals surface area contributed by atoms with Crippen LogP contribution in [0, 0.1) is 0 Å². The van der Waals surface area contributed by atoms with Gasteiger partial charge in [-0.05, 0) is 28.0 Å². The largest absolute Gasteiger partial charge is 0.508 e. The van der Waals surface area contributed by atoms with Crippen molar-refractivity contribution < 1.29 is 5.11 Å². The average molecular weight is 310 g/mol. The average Bonchev–Trinajstić information content (AvgIpc) is 2.66. The van der Waals surface area contributed by atoms with Gasteiger partial charge in [0.1, 0.15) is 5.75 Å². The Hall–Kier alpha value is -3.06. The molecule has 0 spiro atoms. The van der Waals surface area contributed by atoms with Crippen LogP contribution in [0.1, 0.15) is 22.6 Å². The van der Waals surface area contributed by atoms with Gasteiger partial charge in [0.25, 0.3) is 0 Å². The van der Waals surface area contributed by atoms with Gasteiger partial charge in [-0.3, -0.25) is 0 Å². The zero-order valence-electron chi connectivity index (χ0n) is 13.3. The molecule has 116 valence electrons. The predicted molar refractivity (Wildman–Crippen MR) is 99.4 cm³/mol. The van der Waals surface area contributed by atoms with Crippen LogP contribution >= 0.6 is 0 Å². The fraction of sp³-hybridized carbons (Fsp3) is 0.0435. The summed E-state index contributed by atoms with van der Waals surface area (Å²) in [4.78, 5) is 0. The molecule has 1 heteroatoms. The molecule has 1 N–H and O–H groups in total. The van der Waals surface area contributed by atoms with E-state index in [0.717, 1.165) is 16.3 Å². The maximum Gasteiger partial charge on any atom is 0.120 e. The smallest absolute Gasteiger partial charge is 0.120 e. The van der Waals surface area contributed by atoms with E-state index in [1.807, 2.05) is 54.6 Å². The number of aromatic hydroxyl groups is 1. The quantitative estimate of drug-likeness (QED) is 0.479. The molecular formula is C23H18O. The van der Waals surface area contributed by atoms with Crippen molar-refractivity contribution in [1.29, 1.82) is 0 Å². The zero-order chi connectivity index (χ0) is 16.4. The van der Waals surface area contributed by atoms with Gasteiger partial charge in [-0.1, -0.05) is 91.0 Å². The molecule has 0 saturated carbocycles. The molecule has 4 aromatic carbocycles. The Balaban J connectivity index is 2.04. The third-order valence-corrected chi connectivity index (χ3v) is 4.50. The summed E-state index contributed by atoms with van der Waals surface area (Å²) in [7, 11) is 0. The summed E-state index contributed by atoms with van der Waals surface area (Å²) in [6, 6.07) is 32.7. The van der Waals surface area contributed by atoms with Gasteiger partial charge in [-0.15, -0.1) is 0 Å². The van der Waals surface area contributed by atoms with E-state index in [4.69, 9.17) is 0 Å². The number of rotatable bonds is 3. The van der Waals surface area contributed by atoms with Crippen LogP contribution in [0.5, 0.6) is 5.75 Å². The summed E-state index contributed by atoms with van der Waals surface area (Å²) in [5, 5.41) is 12.9. The van der Waals surface area contributed by atoms with Gasteiger partial charge >= 0.3 is 0 Å². The molecule has 4 aromatic rings. The lowest BCUT2D eigenvalue weighted by atomic mass is 9.82. The van der Waals surface area contributed by atoms with Crippen molar-refractivity contribution in [1.82, 2.24) is 0 Å².